The number of hydrogen-bond donors (Lipinski definition) is 1. The summed E-state index contributed by atoms with van der Waals surface area (Å²) < 4.78 is 5.32. The molecule has 2 nitrogen and oxygen atoms in total. The Hall–Kier alpha value is 0.137. The summed E-state index contributed by atoms with van der Waals surface area (Å²) in [5, 5.41) is 8.70. The van der Waals surface area contributed by atoms with Crippen LogP contribution in [0.5, 0.6) is 0 Å². The van der Waals surface area contributed by atoms with Gasteiger partial charge in [0.1, 0.15) is 0 Å². The highest BCUT2D eigenvalue weighted by Crippen LogP contribution is 2.25. The van der Waals surface area contributed by atoms with E-state index in [9.17, 15) is 0 Å². The van der Waals surface area contributed by atoms with Gasteiger partial charge < -0.3 is 9.84 Å². The lowest BCUT2D eigenvalue weighted by atomic mass is 10.5. The van der Waals surface area contributed by atoms with Gasteiger partial charge in [-0.15, -0.1) is 0 Å². The third-order valence-electron chi connectivity index (χ3n) is 2.64. The Balaban J connectivity index is 2.25. The molecule has 0 aromatic heterocycles. The molecule has 1 aliphatic rings. The van der Waals surface area contributed by atoms with Crippen LogP contribution in [0.1, 0.15) is 6.42 Å². The Labute approximate surface area is 69.6 Å². The van der Waals surface area contributed by atoms with Gasteiger partial charge in [-0.05, 0) is 18.5 Å². The van der Waals surface area contributed by atoms with Crippen molar-refractivity contribution in [2.75, 3.05) is 19.8 Å². The summed E-state index contributed by atoms with van der Waals surface area (Å²) in [5.74, 6) is 0. The maximum atomic E-state index is 8.70. The summed E-state index contributed by atoms with van der Waals surface area (Å²) in [6.45, 7) is 4.73. The van der Waals surface area contributed by atoms with E-state index in [1.165, 1.54) is 18.1 Å². The molecule has 0 saturated carbocycles. The number of aliphatic hydroxyl groups is 1. The minimum absolute atomic E-state index is 0.365. The van der Waals surface area contributed by atoms with Gasteiger partial charge in [0.25, 0.3) is 0 Å². The molecule has 11 heavy (non-hydrogen) atoms. The minimum Gasteiger partial charge on any atom is -0.396 e. The lowest BCUT2D eigenvalue weighted by Gasteiger charge is -2.31. The smallest absolute Gasteiger partial charge is 0.0551 e. The van der Waals surface area contributed by atoms with E-state index in [0.29, 0.717) is 6.61 Å². The van der Waals surface area contributed by atoms with Gasteiger partial charge in [0.05, 0.1) is 8.07 Å². The highest BCUT2D eigenvalue weighted by atomic mass is 28.3. The van der Waals surface area contributed by atoms with Gasteiger partial charge in [-0.1, -0.05) is 12.6 Å². The first-order chi connectivity index (χ1) is 5.27. The Kier molecular flexibility index (Phi) is 3.55. The number of rotatable bonds is 3. The standard InChI is InChI=1S/C8H18O2Si/c1-11(6-2-3-9)7-4-10-5-8-11/h9H,2-8H2,1H3. The van der Waals surface area contributed by atoms with Crippen molar-refractivity contribution in [3.8, 4) is 0 Å². The SMILES string of the molecule is C[Si]1(CCCO)CCOCC1. The summed E-state index contributed by atoms with van der Waals surface area (Å²) in [6, 6.07) is 3.88. The van der Waals surface area contributed by atoms with Crippen LogP contribution in [0.3, 0.4) is 0 Å². The normalized spacial score (nSPS) is 23.5. The number of hydrogen-bond acceptors (Lipinski definition) is 2. The molecule has 0 amide bonds. The second kappa shape index (κ2) is 4.23. The van der Waals surface area contributed by atoms with Crippen molar-refractivity contribution in [2.24, 2.45) is 0 Å². The van der Waals surface area contributed by atoms with E-state index in [0.717, 1.165) is 19.6 Å². The maximum absolute atomic E-state index is 8.70. The third kappa shape index (κ3) is 2.93. The van der Waals surface area contributed by atoms with Crippen LogP contribution in [0.4, 0.5) is 0 Å². The van der Waals surface area contributed by atoms with E-state index in [2.05, 4.69) is 6.55 Å². The summed E-state index contributed by atoms with van der Waals surface area (Å²) in [4.78, 5) is 0. The monoisotopic (exact) mass is 174 g/mol. The summed E-state index contributed by atoms with van der Waals surface area (Å²) in [7, 11) is -0.943. The first-order valence-corrected chi connectivity index (χ1v) is 7.58. The molecule has 0 atom stereocenters. The molecule has 0 bridgehead atoms. The highest BCUT2D eigenvalue weighted by Gasteiger charge is 2.28. The molecule has 0 radical (unpaired) electrons. The van der Waals surface area contributed by atoms with Crippen molar-refractivity contribution >= 4 is 8.07 Å². The van der Waals surface area contributed by atoms with E-state index in [-0.39, 0.29) is 0 Å². The van der Waals surface area contributed by atoms with Crippen LogP contribution in [0, 0.1) is 0 Å². The molecule has 0 spiro atoms. The van der Waals surface area contributed by atoms with Crippen molar-refractivity contribution in [1.29, 1.82) is 0 Å². The molecular weight excluding hydrogens is 156 g/mol. The van der Waals surface area contributed by atoms with Crippen molar-refractivity contribution < 1.29 is 9.84 Å². The zero-order valence-corrected chi connectivity index (χ0v) is 8.31. The van der Waals surface area contributed by atoms with Crippen molar-refractivity contribution in [3.63, 3.8) is 0 Å². The highest BCUT2D eigenvalue weighted by molar-refractivity contribution is 6.78. The van der Waals surface area contributed by atoms with Crippen LogP contribution < -0.4 is 0 Å². The summed E-state index contributed by atoms with van der Waals surface area (Å²) in [5.41, 5.74) is 0. The van der Waals surface area contributed by atoms with Gasteiger partial charge in [0.15, 0.2) is 0 Å². The molecule has 1 saturated heterocycles. The van der Waals surface area contributed by atoms with Gasteiger partial charge in [0, 0.05) is 19.8 Å². The number of aliphatic hydroxyl groups excluding tert-OH is 1. The first kappa shape index (κ1) is 9.23. The summed E-state index contributed by atoms with van der Waals surface area (Å²) in [6.07, 6.45) is 1.00. The molecule has 0 aromatic carbocycles. The molecule has 1 N–H and O–H groups in total. The predicted molar refractivity (Wildman–Crippen MR) is 48.6 cm³/mol. The summed E-state index contributed by atoms with van der Waals surface area (Å²) >= 11 is 0. The van der Waals surface area contributed by atoms with Gasteiger partial charge in [-0.25, -0.2) is 0 Å². The quantitative estimate of drug-likeness (QED) is 0.657. The Morgan fingerprint density at radius 2 is 2.00 bits per heavy atom. The van der Waals surface area contributed by atoms with Crippen LogP contribution in [0.25, 0.3) is 0 Å². The minimum atomic E-state index is -0.943. The predicted octanol–water partition coefficient (Wildman–Crippen LogP) is 1.48. The third-order valence-corrected chi connectivity index (χ3v) is 7.02. The van der Waals surface area contributed by atoms with Gasteiger partial charge >= 0.3 is 0 Å². The van der Waals surface area contributed by atoms with Crippen molar-refractivity contribution in [2.45, 2.75) is 31.1 Å². The zero-order valence-electron chi connectivity index (χ0n) is 7.31. The molecule has 1 fully saturated rings. The second-order valence-corrected chi connectivity index (χ2v) is 8.87. The average molecular weight is 174 g/mol. The van der Waals surface area contributed by atoms with E-state index in [1.54, 1.807) is 0 Å². The number of ether oxygens (including phenoxy) is 1. The molecule has 66 valence electrons. The van der Waals surface area contributed by atoms with Gasteiger partial charge in [-0.3, -0.25) is 0 Å². The largest absolute Gasteiger partial charge is 0.396 e. The van der Waals surface area contributed by atoms with Gasteiger partial charge in [0.2, 0.25) is 0 Å². The molecular formula is C8H18O2Si. The molecule has 0 aliphatic carbocycles. The lowest BCUT2D eigenvalue weighted by molar-refractivity contribution is 0.148. The van der Waals surface area contributed by atoms with Crippen LogP contribution in [0.15, 0.2) is 0 Å². The van der Waals surface area contributed by atoms with Crippen LogP contribution in [-0.2, 0) is 4.74 Å². The second-order valence-electron chi connectivity index (χ2n) is 3.75. The molecule has 1 heterocycles. The van der Waals surface area contributed by atoms with Crippen molar-refractivity contribution in [3.05, 3.63) is 0 Å². The van der Waals surface area contributed by atoms with E-state index < -0.39 is 8.07 Å². The van der Waals surface area contributed by atoms with Crippen molar-refractivity contribution in [1.82, 2.24) is 0 Å². The van der Waals surface area contributed by atoms with E-state index >= 15 is 0 Å². The molecule has 1 rings (SSSR count). The fourth-order valence-corrected chi connectivity index (χ4v) is 4.66. The maximum Gasteiger partial charge on any atom is 0.0551 e. The van der Waals surface area contributed by atoms with E-state index in [4.69, 9.17) is 9.84 Å². The lowest BCUT2D eigenvalue weighted by Crippen LogP contribution is -2.36. The Morgan fingerprint density at radius 3 is 2.55 bits per heavy atom. The van der Waals surface area contributed by atoms with E-state index in [1.807, 2.05) is 0 Å². The van der Waals surface area contributed by atoms with Gasteiger partial charge in [-0.2, -0.15) is 0 Å². The average Bonchev–Trinajstić information content (AvgIpc) is 2.03. The first-order valence-electron chi connectivity index (χ1n) is 4.45. The zero-order chi connectivity index (χ0) is 8.16. The Morgan fingerprint density at radius 1 is 1.36 bits per heavy atom. The molecule has 3 heteroatoms. The topological polar surface area (TPSA) is 29.5 Å². The fourth-order valence-electron chi connectivity index (χ4n) is 1.62. The fraction of sp³-hybridized carbons (Fsp3) is 1.00. The molecule has 1 aliphatic heterocycles. The molecule has 0 unspecified atom stereocenters. The van der Waals surface area contributed by atoms with Crippen LogP contribution in [0.2, 0.25) is 24.7 Å². The van der Waals surface area contributed by atoms with Crippen LogP contribution in [-0.4, -0.2) is 33.0 Å². The Bertz CT molecular complexity index is 111. The van der Waals surface area contributed by atoms with Crippen LogP contribution >= 0.6 is 0 Å². The molecule has 0 aromatic rings.